The van der Waals surface area contributed by atoms with Gasteiger partial charge in [-0.3, -0.25) is 4.79 Å². The molecule has 0 bridgehead atoms. The average Bonchev–Trinajstić information content (AvgIpc) is 3.07. The molecule has 0 aliphatic rings. The number of hydrogen-bond acceptors (Lipinski definition) is 2. The fourth-order valence-electron chi connectivity index (χ4n) is 2.89. The normalized spacial score (nSPS) is 11.8. The van der Waals surface area contributed by atoms with Gasteiger partial charge < -0.3 is 4.42 Å². The third kappa shape index (κ3) is 11.0. The van der Waals surface area contributed by atoms with Gasteiger partial charge >= 0.3 is 0 Å². The van der Waals surface area contributed by atoms with Gasteiger partial charge in [0.25, 0.3) is 0 Å². The zero-order chi connectivity index (χ0) is 16.6. The molecule has 0 aliphatic heterocycles. The Morgan fingerprint density at radius 2 is 1.48 bits per heavy atom. The van der Waals surface area contributed by atoms with Gasteiger partial charge in [-0.25, -0.2) is 0 Å². The van der Waals surface area contributed by atoms with Crippen LogP contribution in [0, 0.1) is 0 Å². The van der Waals surface area contributed by atoms with Crippen LogP contribution in [-0.2, 0) is 4.79 Å². The molecular formula is C21H34O2. The van der Waals surface area contributed by atoms with E-state index in [4.69, 9.17) is 4.42 Å². The van der Waals surface area contributed by atoms with Crippen LogP contribution in [0.2, 0.25) is 0 Å². The molecule has 2 heteroatoms. The van der Waals surface area contributed by atoms with Crippen molar-refractivity contribution >= 4 is 12.4 Å². The monoisotopic (exact) mass is 318 g/mol. The molecule has 0 N–H and O–H groups in total. The minimum atomic E-state index is 0.769. The average molecular weight is 319 g/mol. The van der Waals surface area contributed by atoms with Gasteiger partial charge in [-0.05, 0) is 36.6 Å². The molecule has 2 nitrogen and oxygen atoms in total. The Bertz CT molecular complexity index is 403. The van der Waals surface area contributed by atoms with Crippen LogP contribution in [0.3, 0.4) is 0 Å². The van der Waals surface area contributed by atoms with Gasteiger partial charge in [-0.15, -0.1) is 0 Å². The summed E-state index contributed by atoms with van der Waals surface area (Å²) in [5.41, 5.74) is 0.840. The second-order valence-corrected chi connectivity index (χ2v) is 6.49. The van der Waals surface area contributed by atoms with Crippen LogP contribution in [0.4, 0.5) is 0 Å². The lowest BCUT2D eigenvalue weighted by atomic mass is 10.0. The van der Waals surface area contributed by atoms with Crippen molar-refractivity contribution in [1.82, 2.24) is 0 Å². The van der Waals surface area contributed by atoms with Crippen molar-refractivity contribution in [2.45, 2.75) is 90.4 Å². The largest absolute Gasteiger partial charge is 0.465 e. The molecule has 0 spiro atoms. The van der Waals surface area contributed by atoms with Crippen molar-refractivity contribution in [3.8, 4) is 0 Å². The van der Waals surface area contributed by atoms with Crippen molar-refractivity contribution in [3.63, 3.8) is 0 Å². The number of aldehydes is 1. The lowest BCUT2D eigenvalue weighted by Gasteiger charge is -2.03. The summed E-state index contributed by atoms with van der Waals surface area (Å²) in [7, 11) is 0. The fourth-order valence-corrected chi connectivity index (χ4v) is 2.89. The maximum Gasteiger partial charge on any atom is 0.146 e. The number of hydrogen-bond donors (Lipinski definition) is 0. The molecule has 1 aromatic rings. The summed E-state index contributed by atoms with van der Waals surface area (Å²) in [4.78, 5) is 11.1. The van der Waals surface area contributed by atoms with Crippen LogP contribution in [0.5, 0.6) is 0 Å². The third-order valence-electron chi connectivity index (χ3n) is 4.34. The Morgan fingerprint density at radius 3 is 1.96 bits per heavy atom. The Kier molecular flexibility index (Phi) is 12.3. The SMILES string of the molecule is CCCCCCCCCCCCCC/C(C=O)=C\c1ccco1. The highest BCUT2D eigenvalue weighted by Crippen LogP contribution is 2.15. The van der Waals surface area contributed by atoms with Crippen LogP contribution in [0.15, 0.2) is 28.4 Å². The van der Waals surface area contributed by atoms with E-state index in [0.29, 0.717) is 0 Å². The smallest absolute Gasteiger partial charge is 0.146 e. The summed E-state index contributed by atoms with van der Waals surface area (Å²) < 4.78 is 5.24. The quantitative estimate of drug-likeness (QED) is 0.199. The van der Waals surface area contributed by atoms with E-state index in [0.717, 1.165) is 30.5 Å². The summed E-state index contributed by atoms with van der Waals surface area (Å²) in [5, 5.41) is 0. The zero-order valence-electron chi connectivity index (χ0n) is 14.9. The molecule has 0 radical (unpaired) electrons. The molecule has 0 unspecified atom stereocenters. The predicted molar refractivity (Wildman–Crippen MR) is 98.4 cm³/mol. The van der Waals surface area contributed by atoms with Crippen LogP contribution >= 0.6 is 0 Å². The highest BCUT2D eigenvalue weighted by Gasteiger charge is 1.99. The summed E-state index contributed by atoms with van der Waals surface area (Å²) in [6.07, 6.45) is 21.4. The van der Waals surface area contributed by atoms with E-state index in [1.165, 1.54) is 70.6 Å². The molecule has 0 fully saturated rings. The first-order valence-corrected chi connectivity index (χ1v) is 9.56. The predicted octanol–water partition coefficient (Wildman–Crippen LogP) is 6.95. The van der Waals surface area contributed by atoms with Gasteiger partial charge in [0.05, 0.1) is 6.26 Å². The highest BCUT2D eigenvalue weighted by atomic mass is 16.3. The van der Waals surface area contributed by atoms with Gasteiger partial charge in [-0.1, -0.05) is 77.6 Å². The van der Waals surface area contributed by atoms with Crippen LogP contribution < -0.4 is 0 Å². The van der Waals surface area contributed by atoms with Gasteiger partial charge in [0.2, 0.25) is 0 Å². The van der Waals surface area contributed by atoms with Crippen LogP contribution in [-0.4, -0.2) is 6.29 Å². The van der Waals surface area contributed by atoms with Crippen LogP contribution in [0.25, 0.3) is 6.08 Å². The first-order chi connectivity index (χ1) is 11.4. The molecule has 0 saturated heterocycles. The van der Waals surface area contributed by atoms with Gasteiger partial charge in [0.1, 0.15) is 12.0 Å². The highest BCUT2D eigenvalue weighted by molar-refractivity contribution is 5.80. The number of rotatable bonds is 15. The van der Waals surface area contributed by atoms with Gasteiger partial charge in [0.15, 0.2) is 0 Å². The maximum atomic E-state index is 11.1. The lowest BCUT2D eigenvalue weighted by molar-refractivity contribution is -0.105. The van der Waals surface area contributed by atoms with Crippen molar-refractivity contribution < 1.29 is 9.21 Å². The van der Waals surface area contributed by atoms with Crippen molar-refractivity contribution in [1.29, 1.82) is 0 Å². The lowest BCUT2D eigenvalue weighted by Crippen LogP contribution is -1.87. The Morgan fingerprint density at radius 1 is 0.913 bits per heavy atom. The molecule has 0 aliphatic carbocycles. The minimum Gasteiger partial charge on any atom is -0.465 e. The molecule has 1 rings (SSSR count). The molecule has 23 heavy (non-hydrogen) atoms. The Balaban J connectivity index is 1.92. The second-order valence-electron chi connectivity index (χ2n) is 6.49. The number of carbonyl (C=O) groups is 1. The topological polar surface area (TPSA) is 30.2 Å². The van der Waals surface area contributed by atoms with E-state index in [2.05, 4.69) is 6.92 Å². The molecule has 0 saturated carbocycles. The number of allylic oxidation sites excluding steroid dienone is 1. The van der Waals surface area contributed by atoms with Gasteiger partial charge in [0, 0.05) is 0 Å². The minimum absolute atomic E-state index is 0.769. The number of carbonyl (C=O) groups excluding carboxylic acids is 1. The first-order valence-electron chi connectivity index (χ1n) is 9.56. The molecule has 0 aromatic carbocycles. The van der Waals surface area contributed by atoms with E-state index in [1.807, 2.05) is 18.2 Å². The zero-order valence-corrected chi connectivity index (χ0v) is 14.9. The van der Waals surface area contributed by atoms with E-state index in [1.54, 1.807) is 6.26 Å². The maximum absolute atomic E-state index is 11.1. The summed E-state index contributed by atoms with van der Waals surface area (Å²) in [6, 6.07) is 3.73. The van der Waals surface area contributed by atoms with Crippen molar-refractivity contribution in [2.75, 3.05) is 0 Å². The van der Waals surface area contributed by atoms with Crippen LogP contribution in [0.1, 0.15) is 96.2 Å². The van der Waals surface area contributed by atoms with E-state index in [9.17, 15) is 4.79 Å². The van der Waals surface area contributed by atoms with Crippen molar-refractivity contribution in [2.24, 2.45) is 0 Å². The van der Waals surface area contributed by atoms with E-state index in [-0.39, 0.29) is 0 Å². The fraction of sp³-hybridized carbons (Fsp3) is 0.667. The molecular weight excluding hydrogens is 284 g/mol. The summed E-state index contributed by atoms with van der Waals surface area (Å²) >= 11 is 0. The van der Waals surface area contributed by atoms with E-state index < -0.39 is 0 Å². The molecule has 130 valence electrons. The summed E-state index contributed by atoms with van der Waals surface area (Å²) in [6.45, 7) is 2.27. The standard InChI is InChI=1S/C21H34O2/c1-2-3-4-5-6-7-8-9-10-11-12-13-15-20(19-22)18-21-16-14-17-23-21/h14,16-19H,2-13,15H2,1H3/b20-18+. The van der Waals surface area contributed by atoms with Crippen molar-refractivity contribution in [3.05, 3.63) is 29.7 Å². The number of furan rings is 1. The van der Waals surface area contributed by atoms with E-state index >= 15 is 0 Å². The second kappa shape index (κ2) is 14.3. The van der Waals surface area contributed by atoms with Gasteiger partial charge in [-0.2, -0.15) is 0 Å². The summed E-state index contributed by atoms with van der Waals surface area (Å²) in [5.74, 6) is 0.769. The Hall–Kier alpha value is -1.31. The third-order valence-corrected chi connectivity index (χ3v) is 4.34. The first kappa shape index (κ1) is 19.7. The Labute approximate surface area is 142 Å². The molecule has 1 aromatic heterocycles. The molecule has 1 heterocycles. The number of unbranched alkanes of at least 4 members (excludes halogenated alkanes) is 11. The molecule has 0 amide bonds. The molecule has 0 atom stereocenters.